The van der Waals surface area contributed by atoms with Crippen LogP contribution in [0, 0.1) is 0 Å². The molecule has 0 fully saturated rings. The summed E-state index contributed by atoms with van der Waals surface area (Å²) in [6.07, 6.45) is 0.287. The Morgan fingerprint density at radius 2 is 1.81 bits per heavy atom. The Morgan fingerprint density at radius 1 is 1.25 bits per heavy atom. The van der Waals surface area contributed by atoms with Crippen LogP contribution in [0.25, 0.3) is 0 Å². The number of carbonyl (C=O) groups is 1. The highest BCUT2D eigenvalue weighted by Crippen LogP contribution is 2.28. The van der Waals surface area contributed by atoms with E-state index >= 15 is 0 Å². The first kappa shape index (κ1) is 14.2. The second kappa shape index (κ2) is 6.77. The molecule has 0 bridgehead atoms. The van der Waals surface area contributed by atoms with Gasteiger partial charge in [0.1, 0.15) is 0 Å². The maximum atomic E-state index is 11.4. The predicted octanol–water partition coefficient (Wildman–Crippen LogP) is 4.21. The minimum Gasteiger partial charge on any atom is -0.466 e. The van der Waals surface area contributed by atoms with Gasteiger partial charge in [-0.3, -0.25) is 4.79 Å². The minimum absolute atomic E-state index is 0.207. The van der Waals surface area contributed by atoms with Crippen LogP contribution in [0.15, 0.2) is 21.1 Å². The van der Waals surface area contributed by atoms with Crippen molar-refractivity contribution in [1.82, 2.24) is 0 Å². The van der Waals surface area contributed by atoms with Crippen molar-refractivity contribution in [2.45, 2.75) is 18.7 Å². The molecule has 1 aromatic carbocycles. The second-order valence-corrected chi connectivity index (χ2v) is 5.42. The highest BCUT2D eigenvalue weighted by Gasteiger charge is 2.10. The van der Waals surface area contributed by atoms with Gasteiger partial charge in [0.2, 0.25) is 0 Å². The van der Waals surface area contributed by atoms with Crippen LogP contribution in [0.1, 0.15) is 18.1 Å². The molecule has 0 amide bonds. The molecule has 88 valence electrons. The van der Waals surface area contributed by atoms with E-state index < -0.39 is 0 Å². The summed E-state index contributed by atoms with van der Waals surface area (Å²) in [6, 6.07) is 3.94. The summed E-state index contributed by atoms with van der Waals surface area (Å²) in [5.74, 6) is -0.207. The molecule has 0 atom stereocenters. The maximum absolute atomic E-state index is 11.4. The van der Waals surface area contributed by atoms with Crippen molar-refractivity contribution >= 4 is 53.8 Å². The molecule has 0 saturated heterocycles. The normalized spacial score (nSPS) is 10.2. The molecular formula is C11H11Br3O2. The third-order valence-electron chi connectivity index (χ3n) is 2.00. The molecule has 0 radical (unpaired) electrons. The molecule has 5 heteroatoms. The summed E-state index contributed by atoms with van der Waals surface area (Å²) in [6.45, 7) is 2.22. The molecule has 2 nitrogen and oxygen atoms in total. The number of benzene rings is 1. The molecule has 0 heterocycles. The van der Waals surface area contributed by atoms with Crippen LogP contribution in [0.5, 0.6) is 0 Å². The van der Waals surface area contributed by atoms with Crippen LogP contribution < -0.4 is 0 Å². The van der Waals surface area contributed by atoms with Crippen molar-refractivity contribution in [2.24, 2.45) is 0 Å². The molecule has 1 rings (SSSR count). The van der Waals surface area contributed by atoms with E-state index in [2.05, 4.69) is 47.8 Å². The van der Waals surface area contributed by atoms with Crippen molar-refractivity contribution in [3.63, 3.8) is 0 Å². The maximum Gasteiger partial charge on any atom is 0.310 e. The number of halogens is 3. The van der Waals surface area contributed by atoms with E-state index in [0.29, 0.717) is 6.61 Å². The average molecular weight is 415 g/mol. The summed E-state index contributed by atoms with van der Waals surface area (Å²) in [7, 11) is 0. The Labute approximate surface area is 120 Å². The molecule has 0 aliphatic carbocycles. The zero-order valence-corrected chi connectivity index (χ0v) is 13.5. The van der Waals surface area contributed by atoms with E-state index in [4.69, 9.17) is 4.74 Å². The molecule has 0 unspecified atom stereocenters. The Bertz CT molecular complexity index is 391. The number of hydrogen-bond donors (Lipinski definition) is 0. The SMILES string of the molecule is CCOC(=O)Cc1cc(Br)c(CBr)cc1Br. The van der Waals surface area contributed by atoms with Gasteiger partial charge in [-0.05, 0) is 30.2 Å². The number of esters is 1. The van der Waals surface area contributed by atoms with E-state index in [9.17, 15) is 4.79 Å². The first-order valence-corrected chi connectivity index (χ1v) is 7.47. The number of alkyl halides is 1. The molecule has 0 aromatic heterocycles. The van der Waals surface area contributed by atoms with Gasteiger partial charge in [-0.25, -0.2) is 0 Å². The van der Waals surface area contributed by atoms with Gasteiger partial charge < -0.3 is 4.74 Å². The quantitative estimate of drug-likeness (QED) is 0.545. The zero-order valence-electron chi connectivity index (χ0n) is 8.73. The molecule has 16 heavy (non-hydrogen) atoms. The number of hydrogen-bond acceptors (Lipinski definition) is 2. The van der Waals surface area contributed by atoms with Crippen molar-refractivity contribution in [2.75, 3.05) is 6.61 Å². The van der Waals surface area contributed by atoms with Crippen molar-refractivity contribution in [1.29, 1.82) is 0 Å². The Hall–Kier alpha value is 0.130. The highest BCUT2D eigenvalue weighted by molar-refractivity contribution is 9.11. The van der Waals surface area contributed by atoms with E-state index in [1.54, 1.807) is 6.92 Å². The van der Waals surface area contributed by atoms with Crippen LogP contribution in [0.4, 0.5) is 0 Å². The van der Waals surface area contributed by atoms with Crippen LogP contribution in [-0.4, -0.2) is 12.6 Å². The van der Waals surface area contributed by atoms with Crippen LogP contribution in [0.2, 0.25) is 0 Å². The van der Waals surface area contributed by atoms with Gasteiger partial charge in [-0.15, -0.1) is 0 Å². The Morgan fingerprint density at radius 3 is 2.38 bits per heavy atom. The fraction of sp³-hybridized carbons (Fsp3) is 0.364. The van der Waals surface area contributed by atoms with E-state index in [1.807, 2.05) is 12.1 Å². The molecule has 0 N–H and O–H groups in total. The predicted molar refractivity (Wildman–Crippen MR) is 74.8 cm³/mol. The van der Waals surface area contributed by atoms with Crippen LogP contribution in [0.3, 0.4) is 0 Å². The lowest BCUT2D eigenvalue weighted by Gasteiger charge is -2.08. The monoisotopic (exact) mass is 412 g/mol. The van der Waals surface area contributed by atoms with Gasteiger partial charge in [0, 0.05) is 14.3 Å². The van der Waals surface area contributed by atoms with Crippen LogP contribution >= 0.6 is 47.8 Å². The van der Waals surface area contributed by atoms with Crippen LogP contribution in [-0.2, 0) is 21.3 Å². The lowest BCUT2D eigenvalue weighted by Crippen LogP contribution is -2.08. The lowest BCUT2D eigenvalue weighted by molar-refractivity contribution is -0.142. The van der Waals surface area contributed by atoms with E-state index in [1.165, 1.54) is 0 Å². The smallest absolute Gasteiger partial charge is 0.310 e. The molecule has 0 spiro atoms. The van der Waals surface area contributed by atoms with E-state index in [0.717, 1.165) is 25.4 Å². The first-order chi connectivity index (χ1) is 7.58. The summed E-state index contributed by atoms with van der Waals surface area (Å²) in [5.41, 5.74) is 2.06. The van der Waals surface area contributed by atoms with Crippen molar-refractivity contribution in [3.8, 4) is 0 Å². The van der Waals surface area contributed by atoms with Crippen molar-refractivity contribution in [3.05, 3.63) is 32.2 Å². The second-order valence-electron chi connectivity index (χ2n) is 3.15. The van der Waals surface area contributed by atoms with Gasteiger partial charge in [0.25, 0.3) is 0 Å². The highest BCUT2D eigenvalue weighted by atomic mass is 79.9. The number of carbonyl (C=O) groups excluding carboxylic acids is 1. The van der Waals surface area contributed by atoms with Gasteiger partial charge >= 0.3 is 5.97 Å². The Balaban J connectivity index is 2.89. The Kier molecular flexibility index (Phi) is 6.00. The molecule has 0 aliphatic heterocycles. The first-order valence-electron chi connectivity index (χ1n) is 4.76. The largest absolute Gasteiger partial charge is 0.466 e. The standard InChI is InChI=1S/C11H11Br3O2/c1-2-16-11(15)5-7-3-10(14)8(6-12)4-9(7)13/h3-4H,2,5-6H2,1H3. The average Bonchev–Trinajstić information content (AvgIpc) is 2.23. The topological polar surface area (TPSA) is 26.3 Å². The minimum atomic E-state index is -0.207. The third-order valence-corrected chi connectivity index (χ3v) is 4.08. The zero-order chi connectivity index (χ0) is 12.1. The fourth-order valence-electron chi connectivity index (χ4n) is 1.23. The van der Waals surface area contributed by atoms with E-state index in [-0.39, 0.29) is 12.4 Å². The van der Waals surface area contributed by atoms with Gasteiger partial charge in [0.05, 0.1) is 13.0 Å². The summed E-state index contributed by atoms with van der Waals surface area (Å²) >= 11 is 10.3. The lowest BCUT2D eigenvalue weighted by atomic mass is 10.1. The summed E-state index contributed by atoms with van der Waals surface area (Å²) in [4.78, 5) is 11.4. The molecule has 0 aliphatic rings. The third kappa shape index (κ3) is 3.86. The molecule has 1 aromatic rings. The van der Waals surface area contributed by atoms with Gasteiger partial charge in [-0.1, -0.05) is 47.8 Å². The van der Waals surface area contributed by atoms with Gasteiger partial charge in [-0.2, -0.15) is 0 Å². The summed E-state index contributed by atoms with van der Waals surface area (Å²) < 4.78 is 6.83. The summed E-state index contributed by atoms with van der Waals surface area (Å²) in [5, 5.41) is 0.770. The van der Waals surface area contributed by atoms with Gasteiger partial charge in [0.15, 0.2) is 0 Å². The fourth-order valence-corrected chi connectivity index (χ4v) is 3.14. The molecular weight excluding hydrogens is 404 g/mol. The van der Waals surface area contributed by atoms with Crippen molar-refractivity contribution < 1.29 is 9.53 Å². The number of rotatable bonds is 4. The molecule has 0 saturated carbocycles. The number of ether oxygens (including phenoxy) is 1.